The highest BCUT2D eigenvalue weighted by molar-refractivity contribution is 5.74. The van der Waals surface area contributed by atoms with Gasteiger partial charge in [0.05, 0.1) is 19.3 Å². The third kappa shape index (κ3) is 3.66. The van der Waals surface area contributed by atoms with Gasteiger partial charge >= 0.3 is 6.03 Å². The summed E-state index contributed by atoms with van der Waals surface area (Å²) in [4.78, 5) is 18.2. The Morgan fingerprint density at radius 3 is 2.21 bits per heavy atom. The number of amides is 2. The number of hydrogen-bond donors (Lipinski definition) is 0. The smallest absolute Gasteiger partial charge is 0.320 e. The molecule has 7 heteroatoms. The molecule has 0 saturated carbocycles. The lowest BCUT2D eigenvalue weighted by Crippen LogP contribution is -2.55. The third-order valence-electron chi connectivity index (χ3n) is 4.54. The summed E-state index contributed by atoms with van der Waals surface area (Å²) < 4.78 is 18.3. The molecule has 0 aromatic heterocycles. The quantitative estimate of drug-likeness (QED) is 0.823. The number of carbonyl (C=O) groups excluding carboxylic acids is 1. The summed E-state index contributed by atoms with van der Waals surface area (Å²) in [5, 5.41) is 9.49. The first-order valence-electron chi connectivity index (χ1n) is 8.20. The average Bonchev–Trinajstić information content (AvgIpc) is 2.64. The number of carbonyl (C=O) groups is 1. The van der Waals surface area contributed by atoms with E-state index in [1.165, 1.54) is 12.1 Å². The summed E-state index contributed by atoms with van der Waals surface area (Å²) in [6.45, 7) is 4.90. The van der Waals surface area contributed by atoms with Crippen LogP contribution in [0.5, 0.6) is 0 Å². The van der Waals surface area contributed by atoms with E-state index in [-0.39, 0.29) is 11.8 Å². The van der Waals surface area contributed by atoms with Crippen molar-refractivity contribution in [2.24, 2.45) is 0 Å². The number of ether oxygens (including phenoxy) is 1. The molecule has 2 aliphatic heterocycles. The maximum absolute atomic E-state index is 13.1. The number of urea groups is 1. The van der Waals surface area contributed by atoms with Gasteiger partial charge in [-0.15, -0.1) is 0 Å². The molecule has 2 aliphatic rings. The molecule has 2 heterocycles. The monoisotopic (exact) mass is 332 g/mol. The molecule has 0 aliphatic carbocycles. The Morgan fingerprint density at radius 1 is 1.04 bits per heavy atom. The molecule has 128 valence electrons. The van der Waals surface area contributed by atoms with Crippen molar-refractivity contribution >= 4 is 6.03 Å². The molecular weight excluding hydrogens is 311 g/mol. The first-order valence-corrected chi connectivity index (χ1v) is 8.20. The molecule has 1 atom stereocenters. The standard InChI is InChI=1S/C17H21FN4O2/c18-15-3-1-14(2-4-15)16(13-19)20-5-7-21(8-6-20)17(23)22-9-11-24-12-10-22/h1-4,16H,5-12H2. The van der Waals surface area contributed by atoms with Crippen molar-refractivity contribution < 1.29 is 13.9 Å². The van der Waals surface area contributed by atoms with E-state index in [1.54, 1.807) is 12.1 Å². The highest BCUT2D eigenvalue weighted by Crippen LogP contribution is 2.22. The molecule has 0 N–H and O–H groups in total. The van der Waals surface area contributed by atoms with Crippen LogP contribution in [0, 0.1) is 17.1 Å². The minimum absolute atomic E-state index is 0.0493. The number of hydrogen-bond acceptors (Lipinski definition) is 4. The van der Waals surface area contributed by atoms with Gasteiger partial charge in [-0.2, -0.15) is 5.26 Å². The third-order valence-corrected chi connectivity index (χ3v) is 4.54. The maximum atomic E-state index is 13.1. The Balaban J connectivity index is 1.58. The number of nitrogens with zero attached hydrogens (tertiary/aromatic N) is 4. The van der Waals surface area contributed by atoms with E-state index >= 15 is 0 Å². The van der Waals surface area contributed by atoms with Gasteiger partial charge in [0.25, 0.3) is 0 Å². The molecule has 0 bridgehead atoms. The highest BCUT2D eigenvalue weighted by Gasteiger charge is 2.29. The average molecular weight is 332 g/mol. The van der Waals surface area contributed by atoms with Crippen LogP contribution in [-0.2, 0) is 4.74 Å². The van der Waals surface area contributed by atoms with Crippen LogP contribution >= 0.6 is 0 Å². The molecule has 2 amide bonds. The zero-order valence-corrected chi connectivity index (χ0v) is 13.5. The van der Waals surface area contributed by atoms with Crippen LogP contribution in [0.3, 0.4) is 0 Å². The van der Waals surface area contributed by atoms with Crippen LogP contribution in [0.15, 0.2) is 24.3 Å². The van der Waals surface area contributed by atoms with Gasteiger partial charge in [-0.05, 0) is 17.7 Å². The first kappa shape index (κ1) is 16.7. The van der Waals surface area contributed by atoms with Crippen molar-refractivity contribution in [3.63, 3.8) is 0 Å². The maximum Gasteiger partial charge on any atom is 0.320 e. The molecule has 24 heavy (non-hydrogen) atoms. The normalized spacial score (nSPS) is 20.5. The van der Waals surface area contributed by atoms with Crippen molar-refractivity contribution in [2.75, 3.05) is 52.5 Å². The van der Waals surface area contributed by atoms with E-state index in [0.717, 1.165) is 5.56 Å². The first-order chi connectivity index (χ1) is 11.7. The number of benzene rings is 1. The predicted octanol–water partition coefficient (Wildman–Crippen LogP) is 1.46. The van der Waals surface area contributed by atoms with Gasteiger partial charge in [0.15, 0.2) is 0 Å². The van der Waals surface area contributed by atoms with E-state index in [4.69, 9.17) is 4.74 Å². The zero-order chi connectivity index (χ0) is 16.9. The van der Waals surface area contributed by atoms with Gasteiger partial charge in [-0.1, -0.05) is 12.1 Å². The highest BCUT2D eigenvalue weighted by atomic mass is 19.1. The van der Waals surface area contributed by atoms with Crippen LogP contribution < -0.4 is 0 Å². The van der Waals surface area contributed by atoms with Gasteiger partial charge in [-0.25, -0.2) is 9.18 Å². The van der Waals surface area contributed by atoms with Crippen LogP contribution in [0.25, 0.3) is 0 Å². The summed E-state index contributed by atoms with van der Waals surface area (Å²) in [5.74, 6) is -0.309. The van der Waals surface area contributed by atoms with E-state index in [1.807, 2.05) is 14.7 Å². The minimum atomic E-state index is -0.411. The van der Waals surface area contributed by atoms with Crippen molar-refractivity contribution in [3.8, 4) is 6.07 Å². The van der Waals surface area contributed by atoms with Crippen LogP contribution in [-0.4, -0.2) is 73.2 Å². The number of rotatable bonds is 2. The van der Waals surface area contributed by atoms with E-state index in [9.17, 15) is 14.4 Å². The Bertz CT molecular complexity index is 602. The topological polar surface area (TPSA) is 59.8 Å². The van der Waals surface area contributed by atoms with E-state index in [2.05, 4.69) is 6.07 Å². The van der Waals surface area contributed by atoms with E-state index in [0.29, 0.717) is 52.5 Å². The molecule has 6 nitrogen and oxygen atoms in total. The zero-order valence-electron chi connectivity index (χ0n) is 13.5. The van der Waals surface area contributed by atoms with E-state index < -0.39 is 6.04 Å². The second-order valence-electron chi connectivity index (χ2n) is 5.99. The van der Waals surface area contributed by atoms with Gasteiger partial charge in [0.1, 0.15) is 11.9 Å². The minimum Gasteiger partial charge on any atom is -0.378 e. The van der Waals surface area contributed by atoms with Gasteiger partial charge in [0, 0.05) is 39.3 Å². The predicted molar refractivity (Wildman–Crippen MR) is 85.7 cm³/mol. The molecule has 1 unspecified atom stereocenters. The molecular formula is C17H21FN4O2. The second-order valence-corrected chi connectivity index (χ2v) is 5.99. The SMILES string of the molecule is N#CC(c1ccc(F)cc1)N1CCN(C(=O)N2CCOCC2)CC1. The Morgan fingerprint density at radius 2 is 1.62 bits per heavy atom. The Hall–Kier alpha value is -2.17. The van der Waals surface area contributed by atoms with Gasteiger partial charge < -0.3 is 14.5 Å². The molecule has 2 fully saturated rings. The fourth-order valence-corrected chi connectivity index (χ4v) is 3.14. The summed E-state index contributed by atoms with van der Waals surface area (Å²) in [6.07, 6.45) is 0. The molecule has 3 rings (SSSR count). The Labute approximate surface area is 141 Å². The number of piperazine rings is 1. The summed E-state index contributed by atoms with van der Waals surface area (Å²) in [5.41, 5.74) is 0.784. The molecule has 0 radical (unpaired) electrons. The lowest BCUT2D eigenvalue weighted by molar-refractivity contribution is 0.0363. The van der Waals surface area contributed by atoms with Crippen LogP contribution in [0.4, 0.5) is 9.18 Å². The Kier molecular flexibility index (Phi) is 5.28. The lowest BCUT2D eigenvalue weighted by Gasteiger charge is -2.39. The molecule has 1 aromatic rings. The number of nitriles is 1. The fourth-order valence-electron chi connectivity index (χ4n) is 3.14. The van der Waals surface area contributed by atoms with Gasteiger partial charge in [-0.3, -0.25) is 4.90 Å². The van der Waals surface area contributed by atoms with Crippen molar-refractivity contribution in [1.82, 2.24) is 14.7 Å². The summed E-state index contributed by atoms with van der Waals surface area (Å²) in [6, 6.07) is 7.97. The van der Waals surface area contributed by atoms with Crippen molar-refractivity contribution in [3.05, 3.63) is 35.6 Å². The van der Waals surface area contributed by atoms with Crippen molar-refractivity contribution in [1.29, 1.82) is 5.26 Å². The van der Waals surface area contributed by atoms with Crippen molar-refractivity contribution in [2.45, 2.75) is 6.04 Å². The lowest BCUT2D eigenvalue weighted by atomic mass is 10.1. The molecule has 1 aromatic carbocycles. The second kappa shape index (κ2) is 7.60. The number of morpholine rings is 1. The fraction of sp³-hybridized carbons (Fsp3) is 0.529. The summed E-state index contributed by atoms with van der Waals surface area (Å²) >= 11 is 0. The van der Waals surface area contributed by atoms with Gasteiger partial charge in [0.2, 0.25) is 0 Å². The molecule has 2 saturated heterocycles. The number of halogens is 1. The van der Waals surface area contributed by atoms with Crippen LogP contribution in [0.2, 0.25) is 0 Å². The largest absolute Gasteiger partial charge is 0.378 e. The summed E-state index contributed by atoms with van der Waals surface area (Å²) in [7, 11) is 0. The van der Waals surface area contributed by atoms with Crippen LogP contribution in [0.1, 0.15) is 11.6 Å². The molecule has 0 spiro atoms.